The van der Waals surface area contributed by atoms with Gasteiger partial charge in [0.2, 0.25) is 11.8 Å². The fraction of sp³-hybridized carbons (Fsp3) is 0.333. The second-order valence-corrected chi connectivity index (χ2v) is 5.32. The summed E-state index contributed by atoms with van der Waals surface area (Å²) in [6.07, 6.45) is 0.409. The van der Waals surface area contributed by atoms with Gasteiger partial charge in [-0.3, -0.25) is 20.4 Å². The van der Waals surface area contributed by atoms with Crippen molar-refractivity contribution in [1.29, 1.82) is 0 Å². The van der Waals surface area contributed by atoms with Crippen molar-refractivity contribution in [3.63, 3.8) is 0 Å². The predicted molar refractivity (Wildman–Crippen MR) is 84.1 cm³/mol. The minimum absolute atomic E-state index is 0.0117. The van der Waals surface area contributed by atoms with E-state index in [1.54, 1.807) is 0 Å². The molecular formula is C15H21N5O2. The van der Waals surface area contributed by atoms with Gasteiger partial charge in [0.1, 0.15) is 0 Å². The van der Waals surface area contributed by atoms with Gasteiger partial charge in [0.25, 0.3) is 0 Å². The molecule has 0 aliphatic heterocycles. The van der Waals surface area contributed by atoms with E-state index >= 15 is 0 Å². The van der Waals surface area contributed by atoms with Crippen LogP contribution in [-0.4, -0.2) is 16.4 Å². The number of nitrogens with zero attached hydrogens (tertiary/aromatic N) is 1. The van der Waals surface area contributed by atoms with Crippen molar-refractivity contribution in [2.75, 3.05) is 0 Å². The lowest BCUT2D eigenvalue weighted by Crippen LogP contribution is -2.40. The molecule has 2 rings (SSSR count). The lowest BCUT2D eigenvalue weighted by atomic mass is 9.93. The molecular weight excluding hydrogens is 282 g/mol. The highest BCUT2D eigenvalue weighted by atomic mass is 16.2. The van der Waals surface area contributed by atoms with Gasteiger partial charge >= 0.3 is 0 Å². The van der Waals surface area contributed by atoms with E-state index in [0.717, 1.165) is 22.2 Å². The Morgan fingerprint density at radius 2 is 1.91 bits per heavy atom. The van der Waals surface area contributed by atoms with Crippen LogP contribution in [0.3, 0.4) is 0 Å². The van der Waals surface area contributed by atoms with Gasteiger partial charge in [0.05, 0.1) is 5.92 Å². The Morgan fingerprint density at radius 1 is 1.23 bits per heavy atom. The minimum Gasteiger partial charge on any atom is -0.348 e. The normalized spacial score (nSPS) is 12.2. The van der Waals surface area contributed by atoms with Crippen molar-refractivity contribution in [2.24, 2.45) is 24.7 Å². The molecule has 22 heavy (non-hydrogen) atoms. The number of aryl methyl sites for hydroxylation is 1. The highest BCUT2D eigenvalue weighted by Crippen LogP contribution is 2.27. The Bertz CT molecular complexity index is 707. The molecule has 2 amide bonds. The Balaban J connectivity index is 2.40. The molecule has 0 radical (unpaired) electrons. The maximum Gasteiger partial charge on any atom is 0.237 e. The number of carbonyl (C=O) groups is 2. The van der Waals surface area contributed by atoms with Gasteiger partial charge < -0.3 is 4.57 Å². The fourth-order valence-electron chi connectivity index (χ4n) is 2.76. The molecule has 7 nitrogen and oxygen atoms in total. The maximum atomic E-state index is 12.0. The molecule has 7 heteroatoms. The standard InChI is InChI=1S/C15H21N5O2/c1-9-12(11-5-3-4-6-13(11)20(9)2)7-10(15(22)19-17)8-14(21)18-16/h3-6,10H,7-8,16-17H2,1-2H3,(H,18,21)(H,19,22). The molecule has 0 saturated heterocycles. The van der Waals surface area contributed by atoms with Crippen molar-refractivity contribution in [1.82, 2.24) is 15.4 Å². The quantitative estimate of drug-likeness (QED) is 0.354. The molecule has 0 aliphatic rings. The van der Waals surface area contributed by atoms with Crippen LogP contribution in [0, 0.1) is 12.8 Å². The Morgan fingerprint density at radius 3 is 2.55 bits per heavy atom. The molecule has 1 aromatic heterocycles. The molecule has 0 spiro atoms. The minimum atomic E-state index is -0.571. The third-order valence-corrected chi connectivity index (χ3v) is 4.09. The summed E-state index contributed by atoms with van der Waals surface area (Å²) in [6, 6.07) is 7.96. The first-order valence-corrected chi connectivity index (χ1v) is 7.02. The van der Waals surface area contributed by atoms with Gasteiger partial charge in [0.15, 0.2) is 0 Å². The number of hydrazine groups is 2. The number of aromatic nitrogens is 1. The van der Waals surface area contributed by atoms with E-state index in [4.69, 9.17) is 11.7 Å². The van der Waals surface area contributed by atoms with Crippen LogP contribution >= 0.6 is 0 Å². The third-order valence-electron chi connectivity index (χ3n) is 4.09. The average molecular weight is 303 g/mol. The van der Waals surface area contributed by atoms with E-state index in [-0.39, 0.29) is 12.3 Å². The number of nitrogens with one attached hydrogen (secondary N) is 2. The second-order valence-electron chi connectivity index (χ2n) is 5.32. The summed E-state index contributed by atoms with van der Waals surface area (Å²) in [5.41, 5.74) is 7.36. The molecule has 6 N–H and O–H groups in total. The van der Waals surface area contributed by atoms with Crippen LogP contribution in [0.25, 0.3) is 10.9 Å². The second kappa shape index (κ2) is 6.59. The summed E-state index contributed by atoms with van der Waals surface area (Å²) in [4.78, 5) is 23.5. The molecule has 0 saturated carbocycles. The summed E-state index contributed by atoms with van der Waals surface area (Å²) in [5, 5.41) is 1.07. The molecule has 2 aromatic rings. The number of benzene rings is 1. The number of para-hydroxylation sites is 1. The van der Waals surface area contributed by atoms with Crippen LogP contribution in [0.5, 0.6) is 0 Å². The monoisotopic (exact) mass is 303 g/mol. The molecule has 1 atom stereocenters. The number of amides is 2. The maximum absolute atomic E-state index is 12.0. The van der Waals surface area contributed by atoms with E-state index in [2.05, 4.69) is 15.4 Å². The van der Waals surface area contributed by atoms with E-state index in [9.17, 15) is 9.59 Å². The van der Waals surface area contributed by atoms with E-state index in [1.165, 1.54) is 0 Å². The lowest BCUT2D eigenvalue weighted by Gasteiger charge is -2.15. The first-order valence-electron chi connectivity index (χ1n) is 7.02. The smallest absolute Gasteiger partial charge is 0.237 e. The van der Waals surface area contributed by atoms with Gasteiger partial charge in [-0.2, -0.15) is 0 Å². The highest BCUT2D eigenvalue weighted by Gasteiger charge is 2.24. The Kier molecular flexibility index (Phi) is 4.79. The number of hydrogen-bond acceptors (Lipinski definition) is 4. The Labute approximate surface area is 128 Å². The molecule has 1 unspecified atom stereocenters. The molecule has 0 bridgehead atoms. The highest BCUT2D eigenvalue weighted by molar-refractivity contribution is 5.88. The van der Waals surface area contributed by atoms with Gasteiger partial charge in [-0.15, -0.1) is 0 Å². The number of nitrogens with two attached hydrogens (primary N) is 2. The number of carbonyl (C=O) groups excluding carboxylic acids is 2. The van der Waals surface area contributed by atoms with Crippen LogP contribution in [0.15, 0.2) is 24.3 Å². The topological polar surface area (TPSA) is 115 Å². The zero-order chi connectivity index (χ0) is 16.3. The summed E-state index contributed by atoms with van der Waals surface area (Å²) >= 11 is 0. The van der Waals surface area contributed by atoms with Crippen molar-refractivity contribution in [2.45, 2.75) is 19.8 Å². The van der Waals surface area contributed by atoms with E-state index in [1.807, 2.05) is 38.2 Å². The van der Waals surface area contributed by atoms with Crippen molar-refractivity contribution < 1.29 is 9.59 Å². The SMILES string of the molecule is Cc1c(CC(CC(=O)NN)C(=O)NN)c2ccccc2n1C. The largest absolute Gasteiger partial charge is 0.348 e. The zero-order valence-corrected chi connectivity index (χ0v) is 12.7. The van der Waals surface area contributed by atoms with Gasteiger partial charge in [0, 0.05) is 30.1 Å². The molecule has 118 valence electrons. The lowest BCUT2D eigenvalue weighted by molar-refractivity contribution is -0.130. The van der Waals surface area contributed by atoms with Crippen LogP contribution in [0.1, 0.15) is 17.7 Å². The van der Waals surface area contributed by atoms with Gasteiger partial charge in [-0.05, 0) is 25.0 Å². The van der Waals surface area contributed by atoms with Crippen LogP contribution in [0.2, 0.25) is 0 Å². The van der Waals surface area contributed by atoms with E-state index < -0.39 is 11.8 Å². The third kappa shape index (κ3) is 2.95. The summed E-state index contributed by atoms with van der Waals surface area (Å²) in [7, 11) is 1.98. The summed E-state index contributed by atoms with van der Waals surface area (Å²) < 4.78 is 2.07. The molecule has 0 aliphatic carbocycles. The number of fused-ring (bicyclic) bond motifs is 1. The molecule has 0 fully saturated rings. The first kappa shape index (κ1) is 16.0. The van der Waals surface area contributed by atoms with Gasteiger partial charge in [-0.1, -0.05) is 18.2 Å². The van der Waals surface area contributed by atoms with Crippen LogP contribution in [-0.2, 0) is 23.1 Å². The van der Waals surface area contributed by atoms with E-state index in [0.29, 0.717) is 6.42 Å². The van der Waals surface area contributed by atoms with Crippen molar-refractivity contribution >= 4 is 22.7 Å². The summed E-state index contributed by atoms with van der Waals surface area (Å²) in [5.74, 6) is 9.00. The summed E-state index contributed by atoms with van der Waals surface area (Å²) in [6.45, 7) is 2.00. The van der Waals surface area contributed by atoms with Crippen LogP contribution in [0.4, 0.5) is 0 Å². The fourth-order valence-corrected chi connectivity index (χ4v) is 2.76. The Hall–Kier alpha value is -2.38. The zero-order valence-electron chi connectivity index (χ0n) is 12.7. The first-order chi connectivity index (χ1) is 10.5. The molecule has 1 heterocycles. The number of rotatable bonds is 5. The van der Waals surface area contributed by atoms with Gasteiger partial charge in [-0.25, -0.2) is 11.7 Å². The molecule has 1 aromatic carbocycles. The van der Waals surface area contributed by atoms with Crippen LogP contribution < -0.4 is 22.5 Å². The predicted octanol–water partition coefficient (Wildman–Crippen LogP) is 0.0153. The number of hydrogen-bond donors (Lipinski definition) is 4. The van der Waals surface area contributed by atoms with Crippen molar-refractivity contribution in [3.05, 3.63) is 35.5 Å². The average Bonchev–Trinajstić information content (AvgIpc) is 2.78. The van der Waals surface area contributed by atoms with Crippen molar-refractivity contribution in [3.8, 4) is 0 Å².